The summed E-state index contributed by atoms with van der Waals surface area (Å²) in [6.45, 7) is -0.113. The Balaban J connectivity index is 2.11. The van der Waals surface area contributed by atoms with Crippen molar-refractivity contribution in [1.82, 2.24) is 0 Å². The van der Waals surface area contributed by atoms with Gasteiger partial charge in [-0.25, -0.2) is 0 Å². The Kier molecular flexibility index (Phi) is 3.66. The zero-order valence-electron chi connectivity index (χ0n) is 11.5. The van der Waals surface area contributed by atoms with Gasteiger partial charge in [0.1, 0.15) is 0 Å². The number of anilines is 1. The topological polar surface area (TPSA) is 32.3 Å². The van der Waals surface area contributed by atoms with Crippen LogP contribution < -0.4 is 5.32 Å². The zero-order chi connectivity index (χ0) is 15.7. The molecule has 0 bridgehead atoms. The molecule has 5 heteroatoms. The lowest BCUT2D eigenvalue weighted by Gasteiger charge is -2.25. The molecule has 113 valence electrons. The summed E-state index contributed by atoms with van der Waals surface area (Å²) in [5, 5.41) is 11.9. The van der Waals surface area contributed by atoms with Crippen molar-refractivity contribution < 1.29 is 18.3 Å². The van der Waals surface area contributed by atoms with Crippen LogP contribution in [-0.4, -0.2) is 5.11 Å². The first kappa shape index (κ1) is 14.7. The van der Waals surface area contributed by atoms with Gasteiger partial charge in [-0.05, 0) is 28.8 Å². The van der Waals surface area contributed by atoms with Crippen molar-refractivity contribution in [2.45, 2.75) is 18.7 Å². The number of aliphatic hydroxyl groups excluding tert-OH is 1. The van der Waals surface area contributed by atoms with Crippen molar-refractivity contribution in [2.24, 2.45) is 0 Å². The van der Waals surface area contributed by atoms with Gasteiger partial charge in [0.25, 0.3) is 0 Å². The third kappa shape index (κ3) is 2.60. The highest BCUT2D eigenvalue weighted by Gasteiger charge is 2.35. The van der Waals surface area contributed by atoms with Crippen molar-refractivity contribution in [3.8, 4) is 0 Å². The van der Waals surface area contributed by atoms with Crippen molar-refractivity contribution in [3.05, 3.63) is 77.0 Å². The van der Waals surface area contributed by atoms with Gasteiger partial charge in [-0.15, -0.1) is 0 Å². The van der Waals surface area contributed by atoms with Crippen molar-refractivity contribution in [2.75, 3.05) is 5.32 Å². The average molecular weight is 304 g/mol. The van der Waals surface area contributed by atoms with Gasteiger partial charge in [0, 0.05) is 12.1 Å². The SMILES string of the molecule is OCc1cccc(C2[C]=CNc3c2cccc3C(F)(F)F)c1. The third-order valence-corrected chi connectivity index (χ3v) is 3.65. The minimum absolute atomic E-state index is 0.0631. The molecule has 0 saturated carbocycles. The van der Waals surface area contributed by atoms with Gasteiger partial charge in [0.05, 0.1) is 17.9 Å². The molecule has 1 unspecified atom stereocenters. The summed E-state index contributed by atoms with van der Waals surface area (Å²) in [5.41, 5.74) is 1.41. The number of aliphatic hydroxyl groups is 1. The molecule has 2 aromatic rings. The van der Waals surface area contributed by atoms with E-state index in [1.165, 1.54) is 12.3 Å². The maximum Gasteiger partial charge on any atom is 0.418 e. The lowest BCUT2D eigenvalue weighted by molar-refractivity contribution is -0.137. The molecule has 2 nitrogen and oxygen atoms in total. The van der Waals surface area contributed by atoms with Gasteiger partial charge in [0.15, 0.2) is 0 Å². The highest BCUT2D eigenvalue weighted by atomic mass is 19.4. The van der Waals surface area contributed by atoms with Gasteiger partial charge in [-0.1, -0.05) is 36.4 Å². The molecule has 1 aliphatic heterocycles. The number of hydrogen-bond donors (Lipinski definition) is 2. The van der Waals surface area contributed by atoms with Gasteiger partial charge < -0.3 is 10.4 Å². The standard InChI is InChI=1S/C17H13F3NO/c18-17(19,20)15-6-2-5-14-13(7-8-21-16(14)15)12-4-1-3-11(9-12)10-22/h1-6,8-9,13,21-22H,10H2. The third-order valence-electron chi connectivity index (χ3n) is 3.65. The summed E-state index contributed by atoms with van der Waals surface area (Å²) in [6, 6.07) is 11.3. The molecule has 2 aromatic carbocycles. The van der Waals surface area contributed by atoms with Crippen LogP contribution in [0.25, 0.3) is 0 Å². The van der Waals surface area contributed by atoms with E-state index in [9.17, 15) is 18.3 Å². The fraction of sp³-hybridized carbons (Fsp3) is 0.176. The molecule has 0 saturated heterocycles. The number of hydrogen-bond acceptors (Lipinski definition) is 2. The Labute approximate surface area is 125 Å². The fourth-order valence-corrected chi connectivity index (χ4v) is 2.64. The first-order chi connectivity index (χ1) is 10.5. The lowest BCUT2D eigenvalue weighted by atomic mass is 9.86. The van der Waals surface area contributed by atoms with E-state index in [0.717, 1.165) is 11.6 Å². The molecule has 0 aromatic heterocycles. The zero-order valence-corrected chi connectivity index (χ0v) is 11.5. The first-order valence-electron chi connectivity index (χ1n) is 6.75. The normalized spacial score (nSPS) is 17.0. The molecule has 3 rings (SSSR count). The van der Waals surface area contributed by atoms with Crippen LogP contribution in [0, 0.1) is 6.08 Å². The maximum atomic E-state index is 13.1. The van der Waals surface area contributed by atoms with Crippen LogP contribution in [0.15, 0.2) is 48.7 Å². The second-order valence-corrected chi connectivity index (χ2v) is 5.06. The number of alkyl halides is 3. The first-order valence-corrected chi connectivity index (χ1v) is 6.75. The molecule has 0 amide bonds. The molecule has 1 atom stereocenters. The van der Waals surface area contributed by atoms with E-state index in [1.54, 1.807) is 24.3 Å². The summed E-state index contributed by atoms with van der Waals surface area (Å²) < 4.78 is 39.4. The Bertz CT molecular complexity index is 722. The van der Waals surface area contributed by atoms with Crippen LogP contribution in [0.2, 0.25) is 0 Å². The molecule has 1 heterocycles. The molecule has 0 aliphatic carbocycles. The van der Waals surface area contributed by atoms with Gasteiger partial charge >= 0.3 is 6.18 Å². The Morgan fingerprint density at radius 1 is 1.14 bits per heavy atom. The second kappa shape index (κ2) is 5.50. The molecule has 2 N–H and O–H groups in total. The number of halogens is 3. The highest BCUT2D eigenvalue weighted by molar-refractivity contribution is 5.65. The molecular formula is C17H13F3NO. The van der Waals surface area contributed by atoms with E-state index in [2.05, 4.69) is 11.4 Å². The smallest absolute Gasteiger partial charge is 0.392 e. The minimum Gasteiger partial charge on any atom is -0.392 e. The van der Waals surface area contributed by atoms with Gasteiger partial charge in [0.2, 0.25) is 0 Å². The van der Waals surface area contributed by atoms with Crippen LogP contribution in [0.4, 0.5) is 18.9 Å². The van der Waals surface area contributed by atoms with Crippen LogP contribution in [0.5, 0.6) is 0 Å². The molecule has 1 radical (unpaired) electrons. The summed E-state index contributed by atoms with van der Waals surface area (Å²) in [5.74, 6) is -0.398. The number of allylic oxidation sites excluding steroid dienone is 1. The van der Waals surface area contributed by atoms with Crippen molar-refractivity contribution >= 4 is 5.69 Å². The molecular weight excluding hydrogens is 291 g/mol. The number of benzene rings is 2. The summed E-state index contributed by atoms with van der Waals surface area (Å²) in [4.78, 5) is 0. The number of rotatable bonds is 2. The predicted octanol–water partition coefficient (Wildman–Crippen LogP) is 4.07. The molecule has 1 aliphatic rings. The number of fused-ring (bicyclic) bond motifs is 1. The summed E-state index contributed by atoms with van der Waals surface area (Å²) >= 11 is 0. The molecule has 0 spiro atoms. The monoisotopic (exact) mass is 304 g/mol. The Hall–Kier alpha value is -2.27. The van der Waals surface area contributed by atoms with E-state index in [0.29, 0.717) is 11.1 Å². The van der Waals surface area contributed by atoms with E-state index < -0.39 is 17.7 Å². The largest absolute Gasteiger partial charge is 0.418 e. The van der Waals surface area contributed by atoms with Crippen LogP contribution in [0.3, 0.4) is 0 Å². The van der Waals surface area contributed by atoms with Gasteiger partial charge in [-0.3, -0.25) is 0 Å². The number of para-hydroxylation sites is 1. The molecule has 22 heavy (non-hydrogen) atoms. The number of nitrogens with one attached hydrogen (secondary N) is 1. The van der Waals surface area contributed by atoms with E-state index in [-0.39, 0.29) is 12.3 Å². The quantitative estimate of drug-likeness (QED) is 0.876. The van der Waals surface area contributed by atoms with E-state index in [4.69, 9.17) is 0 Å². The lowest BCUT2D eigenvalue weighted by Crippen LogP contribution is -2.15. The minimum atomic E-state index is -4.42. The van der Waals surface area contributed by atoms with Crippen molar-refractivity contribution in [1.29, 1.82) is 0 Å². The summed E-state index contributed by atoms with van der Waals surface area (Å²) in [7, 11) is 0. The van der Waals surface area contributed by atoms with Gasteiger partial charge in [-0.2, -0.15) is 13.2 Å². The van der Waals surface area contributed by atoms with Crippen molar-refractivity contribution in [3.63, 3.8) is 0 Å². The average Bonchev–Trinajstić information content (AvgIpc) is 2.53. The predicted molar refractivity (Wildman–Crippen MR) is 77.1 cm³/mol. The Morgan fingerprint density at radius 2 is 1.91 bits per heavy atom. The summed E-state index contributed by atoms with van der Waals surface area (Å²) in [6.07, 6.45) is 0.0314. The van der Waals surface area contributed by atoms with E-state index >= 15 is 0 Å². The fourth-order valence-electron chi connectivity index (χ4n) is 2.64. The van der Waals surface area contributed by atoms with Crippen LogP contribution in [-0.2, 0) is 12.8 Å². The highest BCUT2D eigenvalue weighted by Crippen LogP contribution is 2.42. The van der Waals surface area contributed by atoms with E-state index in [1.807, 2.05) is 6.07 Å². The second-order valence-electron chi connectivity index (χ2n) is 5.06. The Morgan fingerprint density at radius 3 is 2.64 bits per heavy atom. The molecule has 0 fully saturated rings. The van der Waals surface area contributed by atoms with Crippen LogP contribution >= 0.6 is 0 Å². The maximum absolute atomic E-state index is 13.1. The van der Waals surface area contributed by atoms with Crippen LogP contribution in [0.1, 0.15) is 28.2 Å².